The number of rotatable bonds is 7. The summed E-state index contributed by atoms with van der Waals surface area (Å²) in [5, 5.41) is 4.70. The number of fused-ring (bicyclic) bond motifs is 6. The van der Waals surface area contributed by atoms with E-state index in [1.807, 2.05) is 12.1 Å². The molecular formula is C54H36N2O. The lowest BCUT2D eigenvalue weighted by molar-refractivity contribution is 0.669. The Labute approximate surface area is 330 Å². The zero-order valence-electron chi connectivity index (χ0n) is 31.1. The molecule has 0 N–H and O–H groups in total. The van der Waals surface area contributed by atoms with Gasteiger partial charge < -0.3 is 13.9 Å². The number of benzene rings is 9. The monoisotopic (exact) mass is 728 g/mol. The van der Waals surface area contributed by atoms with Crippen LogP contribution in [0.3, 0.4) is 0 Å². The molecule has 0 unspecified atom stereocenters. The van der Waals surface area contributed by atoms with Crippen molar-refractivity contribution in [3.63, 3.8) is 0 Å². The Bertz CT molecular complexity index is 3210. The number of anilines is 3. The van der Waals surface area contributed by atoms with Crippen molar-refractivity contribution in [3.05, 3.63) is 218 Å². The fourth-order valence-electron chi connectivity index (χ4n) is 8.69. The second kappa shape index (κ2) is 13.6. The van der Waals surface area contributed by atoms with Gasteiger partial charge in [0.15, 0.2) is 0 Å². The molecule has 3 heteroatoms. The van der Waals surface area contributed by atoms with E-state index in [4.69, 9.17) is 4.42 Å². The number of aromatic nitrogens is 1. The number of hydrogen-bond acceptors (Lipinski definition) is 2. The number of nitrogens with zero attached hydrogens (tertiary/aromatic N) is 2. The minimum absolute atomic E-state index is 0.854. The lowest BCUT2D eigenvalue weighted by Crippen LogP contribution is -2.12. The largest absolute Gasteiger partial charge is 0.456 e. The van der Waals surface area contributed by atoms with Crippen LogP contribution in [0.15, 0.2) is 223 Å². The first kappa shape index (κ1) is 32.8. The van der Waals surface area contributed by atoms with E-state index in [1.54, 1.807) is 0 Å². The van der Waals surface area contributed by atoms with Crippen molar-refractivity contribution >= 4 is 60.8 Å². The molecule has 0 radical (unpaired) electrons. The highest BCUT2D eigenvalue weighted by atomic mass is 16.3. The molecule has 0 bridgehead atoms. The summed E-state index contributed by atoms with van der Waals surface area (Å²) in [7, 11) is 0. The van der Waals surface area contributed by atoms with Crippen LogP contribution in [0, 0.1) is 0 Å². The molecule has 268 valence electrons. The Morgan fingerprint density at radius 1 is 0.333 bits per heavy atom. The maximum atomic E-state index is 6.51. The third-order valence-corrected chi connectivity index (χ3v) is 11.2. The lowest BCUT2D eigenvalue weighted by atomic mass is 9.88. The summed E-state index contributed by atoms with van der Waals surface area (Å²) in [6, 6.07) is 78.2. The standard InChI is InChI=1S/C54H36N2O/c1-2-17-37(18-3-1)41-21-4-5-22-42(41)43-23-6-7-24-44(43)45-25-8-12-29-50(45)55(40-33-34-49-48-28-11-15-32-53(48)57-54(49)36-40)38-19-16-20-39(35-38)56-51-30-13-9-26-46(51)47-27-10-14-31-52(47)56/h1-36H. The van der Waals surface area contributed by atoms with E-state index in [0.29, 0.717) is 0 Å². The Balaban J connectivity index is 1.15. The number of furan rings is 1. The second-order valence-electron chi connectivity index (χ2n) is 14.5. The van der Waals surface area contributed by atoms with Crippen molar-refractivity contribution in [1.29, 1.82) is 0 Å². The van der Waals surface area contributed by atoms with Gasteiger partial charge in [-0.2, -0.15) is 0 Å². The van der Waals surface area contributed by atoms with Gasteiger partial charge in [-0.15, -0.1) is 0 Å². The Kier molecular flexibility index (Phi) is 7.82. The molecule has 0 fully saturated rings. The van der Waals surface area contributed by atoms with E-state index >= 15 is 0 Å². The van der Waals surface area contributed by atoms with E-state index in [2.05, 4.69) is 216 Å². The van der Waals surface area contributed by atoms with E-state index in [9.17, 15) is 0 Å². The van der Waals surface area contributed by atoms with Gasteiger partial charge in [0.05, 0.1) is 16.7 Å². The van der Waals surface area contributed by atoms with Crippen LogP contribution < -0.4 is 4.90 Å². The van der Waals surface area contributed by atoms with E-state index in [-0.39, 0.29) is 0 Å². The van der Waals surface area contributed by atoms with Gasteiger partial charge in [-0.3, -0.25) is 0 Å². The molecule has 0 atom stereocenters. The maximum absolute atomic E-state index is 6.51. The van der Waals surface area contributed by atoms with Crippen molar-refractivity contribution in [2.24, 2.45) is 0 Å². The highest BCUT2D eigenvalue weighted by Crippen LogP contribution is 2.46. The average molecular weight is 729 g/mol. The zero-order valence-corrected chi connectivity index (χ0v) is 31.1. The van der Waals surface area contributed by atoms with E-state index in [0.717, 1.165) is 55.8 Å². The van der Waals surface area contributed by atoms with Gasteiger partial charge in [0.2, 0.25) is 0 Å². The minimum atomic E-state index is 0.854. The Hall–Kier alpha value is -7.62. The summed E-state index contributed by atoms with van der Waals surface area (Å²) >= 11 is 0. The van der Waals surface area contributed by atoms with Crippen LogP contribution in [0.2, 0.25) is 0 Å². The van der Waals surface area contributed by atoms with Crippen LogP contribution in [0.25, 0.3) is 82.8 Å². The predicted octanol–water partition coefficient (Wildman–Crippen LogP) is 15.2. The van der Waals surface area contributed by atoms with Crippen molar-refractivity contribution in [2.75, 3.05) is 4.90 Å². The Morgan fingerprint density at radius 3 is 1.60 bits per heavy atom. The summed E-state index contributed by atoms with van der Waals surface area (Å²) in [6.07, 6.45) is 0. The molecule has 3 nitrogen and oxygen atoms in total. The minimum Gasteiger partial charge on any atom is -0.456 e. The van der Waals surface area contributed by atoms with Crippen LogP contribution in [0.1, 0.15) is 0 Å². The first-order chi connectivity index (χ1) is 28.3. The average Bonchev–Trinajstić information content (AvgIpc) is 3.83. The van der Waals surface area contributed by atoms with Crippen LogP contribution in [0.4, 0.5) is 17.1 Å². The van der Waals surface area contributed by atoms with Gasteiger partial charge >= 0.3 is 0 Å². The fourth-order valence-corrected chi connectivity index (χ4v) is 8.69. The SMILES string of the molecule is c1ccc(-c2ccccc2-c2ccccc2-c2ccccc2N(c2cccc(-n3c4ccccc4c4ccccc43)c2)c2ccc3c(c2)oc2ccccc23)cc1. The molecule has 0 aliphatic rings. The van der Waals surface area contributed by atoms with Crippen LogP contribution >= 0.6 is 0 Å². The zero-order chi connectivity index (χ0) is 37.7. The molecule has 57 heavy (non-hydrogen) atoms. The quantitative estimate of drug-likeness (QED) is 0.163. The maximum Gasteiger partial charge on any atom is 0.137 e. The molecule has 0 amide bonds. The third kappa shape index (κ3) is 5.51. The van der Waals surface area contributed by atoms with Gasteiger partial charge in [0, 0.05) is 50.2 Å². The smallest absolute Gasteiger partial charge is 0.137 e. The van der Waals surface area contributed by atoms with E-state index in [1.165, 1.54) is 44.1 Å². The van der Waals surface area contributed by atoms with Crippen LogP contribution in [-0.4, -0.2) is 4.57 Å². The number of para-hydroxylation sites is 4. The lowest BCUT2D eigenvalue weighted by Gasteiger charge is -2.29. The molecule has 0 saturated heterocycles. The predicted molar refractivity (Wildman–Crippen MR) is 239 cm³/mol. The van der Waals surface area contributed by atoms with Crippen molar-refractivity contribution in [1.82, 2.24) is 4.57 Å². The topological polar surface area (TPSA) is 21.3 Å². The molecule has 0 saturated carbocycles. The third-order valence-electron chi connectivity index (χ3n) is 11.2. The molecule has 11 aromatic rings. The van der Waals surface area contributed by atoms with Crippen molar-refractivity contribution in [2.45, 2.75) is 0 Å². The van der Waals surface area contributed by atoms with Gasteiger partial charge in [0.25, 0.3) is 0 Å². The molecule has 0 aliphatic carbocycles. The highest BCUT2D eigenvalue weighted by Gasteiger charge is 2.22. The first-order valence-corrected chi connectivity index (χ1v) is 19.4. The summed E-state index contributed by atoms with van der Waals surface area (Å²) in [4.78, 5) is 2.39. The van der Waals surface area contributed by atoms with Gasteiger partial charge in [-0.05, 0) is 82.4 Å². The fraction of sp³-hybridized carbons (Fsp3) is 0. The molecule has 11 rings (SSSR count). The molecule has 9 aromatic carbocycles. The van der Waals surface area contributed by atoms with Crippen LogP contribution in [-0.2, 0) is 0 Å². The summed E-state index contributed by atoms with van der Waals surface area (Å²) in [5.74, 6) is 0. The summed E-state index contributed by atoms with van der Waals surface area (Å²) in [5.41, 5.74) is 15.4. The molecule has 2 aromatic heterocycles. The summed E-state index contributed by atoms with van der Waals surface area (Å²) in [6.45, 7) is 0. The molecule has 0 aliphatic heterocycles. The van der Waals surface area contributed by atoms with Gasteiger partial charge in [-0.1, -0.05) is 158 Å². The van der Waals surface area contributed by atoms with Crippen molar-refractivity contribution < 1.29 is 4.42 Å². The normalized spacial score (nSPS) is 11.5. The van der Waals surface area contributed by atoms with E-state index < -0.39 is 0 Å². The van der Waals surface area contributed by atoms with Crippen LogP contribution in [0.5, 0.6) is 0 Å². The van der Waals surface area contributed by atoms with Crippen molar-refractivity contribution in [3.8, 4) is 39.1 Å². The molecule has 0 spiro atoms. The number of hydrogen-bond donors (Lipinski definition) is 0. The van der Waals surface area contributed by atoms with Gasteiger partial charge in [-0.25, -0.2) is 0 Å². The second-order valence-corrected chi connectivity index (χ2v) is 14.5. The highest BCUT2D eigenvalue weighted by molar-refractivity contribution is 6.10. The Morgan fingerprint density at radius 2 is 0.860 bits per heavy atom. The first-order valence-electron chi connectivity index (χ1n) is 19.4. The molecule has 2 heterocycles. The van der Waals surface area contributed by atoms with Gasteiger partial charge in [0.1, 0.15) is 11.2 Å². The summed E-state index contributed by atoms with van der Waals surface area (Å²) < 4.78 is 8.90. The molecular weight excluding hydrogens is 693 g/mol.